The summed E-state index contributed by atoms with van der Waals surface area (Å²) in [4.78, 5) is 21.9. The van der Waals surface area contributed by atoms with E-state index in [1.165, 1.54) is 12.7 Å². The summed E-state index contributed by atoms with van der Waals surface area (Å²) in [6.45, 7) is 0. The van der Waals surface area contributed by atoms with E-state index in [-0.39, 0.29) is 42.7 Å². The van der Waals surface area contributed by atoms with Crippen LogP contribution < -0.4 is 11.1 Å². The first kappa shape index (κ1) is 25.1. The molecule has 2 aromatic heterocycles. The van der Waals surface area contributed by atoms with Crippen molar-refractivity contribution < 1.29 is 9.53 Å². The number of halogens is 2. The molecule has 1 aliphatic rings. The van der Waals surface area contributed by atoms with Crippen molar-refractivity contribution in [3.63, 3.8) is 0 Å². The summed E-state index contributed by atoms with van der Waals surface area (Å²) in [5.74, 6) is 0.739. The largest absolute Gasteiger partial charge is 0.469 e. The Labute approximate surface area is 198 Å². The molecule has 1 saturated carbocycles. The molecular formula is C22H26Cl2N4O2S. The van der Waals surface area contributed by atoms with Crippen LogP contribution in [0.15, 0.2) is 54.9 Å². The van der Waals surface area contributed by atoms with Crippen molar-refractivity contribution in [2.24, 2.45) is 17.6 Å². The van der Waals surface area contributed by atoms with Crippen LogP contribution in [0.2, 0.25) is 0 Å². The van der Waals surface area contributed by atoms with Crippen LogP contribution in [-0.2, 0) is 16.0 Å². The van der Waals surface area contributed by atoms with Gasteiger partial charge in [0.15, 0.2) is 5.13 Å². The number of hydrogen-bond acceptors (Lipinski definition) is 7. The first-order valence-electron chi connectivity index (χ1n) is 9.69. The van der Waals surface area contributed by atoms with Gasteiger partial charge in [-0.25, -0.2) is 9.97 Å². The van der Waals surface area contributed by atoms with Gasteiger partial charge in [-0.2, -0.15) is 0 Å². The number of carbonyl (C=O) groups is 1. The smallest absolute Gasteiger partial charge is 0.310 e. The Morgan fingerprint density at radius 1 is 1.19 bits per heavy atom. The number of hydrogen-bond donors (Lipinski definition) is 2. The Bertz CT molecular complexity index is 986. The molecular weight excluding hydrogens is 455 g/mol. The standard InChI is InChI=1S/C22H24N4O2S.2ClH/c1-28-21(27)17-10-15(11-18(17)23)9-14-7-8-24-20(12-14)26-22-25-13-19(29-22)16-5-3-2-4-6-16;;/h2-8,12-13,15,17-18H,9-11,23H2,1H3,(H,24,25,26);2*1H. The van der Waals surface area contributed by atoms with E-state index in [0.717, 1.165) is 40.7 Å². The third kappa shape index (κ3) is 6.17. The second-order valence-corrected chi connectivity index (χ2v) is 8.44. The number of pyridine rings is 1. The van der Waals surface area contributed by atoms with Gasteiger partial charge < -0.3 is 15.8 Å². The third-order valence-electron chi connectivity index (χ3n) is 5.36. The highest BCUT2D eigenvalue weighted by molar-refractivity contribution is 7.18. The molecule has 0 aliphatic heterocycles. The second kappa shape index (κ2) is 11.4. The van der Waals surface area contributed by atoms with Crippen LogP contribution in [0.25, 0.3) is 10.4 Å². The van der Waals surface area contributed by atoms with Gasteiger partial charge in [-0.1, -0.05) is 41.7 Å². The number of methoxy groups -OCH3 is 1. The lowest BCUT2D eigenvalue weighted by molar-refractivity contribution is -0.145. The summed E-state index contributed by atoms with van der Waals surface area (Å²) in [5, 5.41) is 4.11. The molecule has 0 spiro atoms. The lowest BCUT2D eigenvalue weighted by Gasteiger charge is -2.11. The van der Waals surface area contributed by atoms with Crippen molar-refractivity contribution in [1.82, 2.24) is 9.97 Å². The second-order valence-electron chi connectivity index (χ2n) is 7.41. The molecule has 3 unspecified atom stereocenters. The highest BCUT2D eigenvalue weighted by atomic mass is 35.5. The molecule has 1 fully saturated rings. The summed E-state index contributed by atoms with van der Waals surface area (Å²) in [6.07, 6.45) is 6.14. The van der Waals surface area contributed by atoms with Crippen LogP contribution in [-0.4, -0.2) is 29.1 Å². The number of esters is 1. The van der Waals surface area contributed by atoms with Crippen LogP contribution in [0.1, 0.15) is 18.4 Å². The first-order chi connectivity index (χ1) is 14.1. The molecule has 31 heavy (non-hydrogen) atoms. The van der Waals surface area contributed by atoms with E-state index < -0.39 is 0 Å². The number of anilines is 2. The van der Waals surface area contributed by atoms with Crippen molar-refractivity contribution in [3.05, 3.63) is 60.4 Å². The van der Waals surface area contributed by atoms with E-state index in [0.29, 0.717) is 5.92 Å². The average Bonchev–Trinajstić information content (AvgIpc) is 3.35. The van der Waals surface area contributed by atoms with E-state index in [4.69, 9.17) is 10.5 Å². The predicted octanol–water partition coefficient (Wildman–Crippen LogP) is 4.86. The molecule has 0 bridgehead atoms. The molecule has 4 rings (SSSR count). The summed E-state index contributed by atoms with van der Waals surface area (Å²) >= 11 is 1.60. The molecule has 0 amide bonds. The number of benzene rings is 1. The molecule has 1 aromatic carbocycles. The minimum absolute atomic E-state index is 0. The Kier molecular flexibility index (Phi) is 9.25. The Hall–Kier alpha value is -2.19. The van der Waals surface area contributed by atoms with E-state index in [1.54, 1.807) is 17.5 Å². The number of rotatable bonds is 6. The zero-order valence-corrected chi connectivity index (χ0v) is 19.5. The summed E-state index contributed by atoms with van der Waals surface area (Å²) < 4.78 is 4.88. The number of thiazole rings is 1. The molecule has 3 aromatic rings. The number of nitrogens with zero attached hydrogens (tertiary/aromatic N) is 2. The molecule has 166 valence electrons. The maximum absolute atomic E-state index is 11.9. The van der Waals surface area contributed by atoms with Crippen LogP contribution in [0.5, 0.6) is 0 Å². The monoisotopic (exact) mass is 480 g/mol. The molecule has 2 heterocycles. The molecule has 0 radical (unpaired) electrons. The molecule has 3 N–H and O–H groups in total. The Morgan fingerprint density at radius 2 is 1.97 bits per heavy atom. The van der Waals surface area contributed by atoms with E-state index in [2.05, 4.69) is 27.4 Å². The lowest BCUT2D eigenvalue weighted by Crippen LogP contribution is -2.31. The van der Waals surface area contributed by atoms with Crippen LogP contribution in [0.4, 0.5) is 10.9 Å². The number of ether oxygens (including phenoxy) is 1. The van der Waals surface area contributed by atoms with Crippen LogP contribution in [0, 0.1) is 11.8 Å². The van der Waals surface area contributed by atoms with Gasteiger partial charge in [0, 0.05) is 18.4 Å². The van der Waals surface area contributed by atoms with Gasteiger partial charge in [-0.3, -0.25) is 4.79 Å². The number of aromatic nitrogens is 2. The summed E-state index contributed by atoms with van der Waals surface area (Å²) in [5.41, 5.74) is 8.47. The zero-order valence-electron chi connectivity index (χ0n) is 17.1. The van der Waals surface area contributed by atoms with Gasteiger partial charge in [-0.15, -0.1) is 24.8 Å². The molecule has 1 aliphatic carbocycles. The normalized spacial score (nSPS) is 19.7. The topological polar surface area (TPSA) is 90.1 Å². The predicted molar refractivity (Wildman–Crippen MR) is 129 cm³/mol. The Morgan fingerprint density at radius 3 is 2.71 bits per heavy atom. The minimum atomic E-state index is -0.199. The summed E-state index contributed by atoms with van der Waals surface area (Å²) in [7, 11) is 1.42. The van der Waals surface area contributed by atoms with Gasteiger partial charge in [-0.05, 0) is 48.4 Å². The molecule has 9 heteroatoms. The quantitative estimate of drug-likeness (QED) is 0.489. The fourth-order valence-corrected chi connectivity index (χ4v) is 4.78. The maximum atomic E-state index is 11.9. The average molecular weight is 481 g/mol. The number of nitrogens with two attached hydrogens (primary N) is 1. The molecule has 6 nitrogen and oxygen atoms in total. The van der Waals surface area contributed by atoms with Gasteiger partial charge in [0.05, 0.1) is 17.9 Å². The van der Waals surface area contributed by atoms with Crippen LogP contribution in [0.3, 0.4) is 0 Å². The van der Waals surface area contributed by atoms with Gasteiger partial charge in [0.1, 0.15) is 5.82 Å². The van der Waals surface area contributed by atoms with Gasteiger partial charge in [0.2, 0.25) is 0 Å². The first-order valence-corrected chi connectivity index (χ1v) is 10.5. The summed E-state index contributed by atoms with van der Waals surface area (Å²) in [6, 6.07) is 14.1. The highest BCUT2D eigenvalue weighted by Gasteiger charge is 2.37. The van der Waals surface area contributed by atoms with Crippen LogP contribution >= 0.6 is 36.2 Å². The number of carbonyl (C=O) groups excluding carboxylic acids is 1. The molecule has 0 saturated heterocycles. The maximum Gasteiger partial charge on any atom is 0.310 e. The van der Waals surface area contributed by atoms with Crippen molar-refractivity contribution in [1.29, 1.82) is 0 Å². The van der Waals surface area contributed by atoms with E-state index >= 15 is 0 Å². The Balaban J connectivity index is 0.00000171. The van der Waals surface area contributed by atoms with Crippen molar-refractivity contribution >= 4 is 53.1 Å². The van der Waals surface area contributed by atoms with Crippen molar-refractivity contribution in [2.75, 3.05) is 12.4 Å². The number of nitrogens with one attached hydrogen (secondary N) is 1. The fraction of sp³-hybridized carbons (Fsp3) is 0.318. The van der Waals surface area contributed by atoms with Gasteiger partial charge >= 0.3 is 5.97 Å². The zero-order chi connectivity index (χ0) is 20.2. The SMILES string of the molecule is COC(=O)C1CC(Cc2ccnc(Nc3ncc(-c4ccccc4)s3)c2)CC1N.Cl.Cl. The van der Waals surface area contributed by atoms with E-state index in [9.17, 15) is 4.79 Å². The third-order valence-corrected chi connectivity index (χ3v) is 6.32. The lowest BCUT2D eigenvalue weighted by atomic mass is 9.97. The van der Waals surface area contributed by atoms with Gasteiger partial charge in [0.25, 0.3) is 0 Å². The highest BCUT2D eigenvalue weighted by Crippen LogP contribution is 2.34. The van der Waals surface area contributed by atoms with Crippen molar-refractivity contribution in [3.8, 4) is 10.4 Å². The molecule has 3 atom stereocenters. The van der Waals surface area contributed by atoms with E-state index in [1.807, 2.05) is 36.5 Å². The minimum Gasteiger partial charge on any atom is -0.469 e. The van der Waals surface area contributed by atoms with Crippen molar-refractivity contribution in [2.45, 2.75) is 25.3 Å². The fourth-order valence-electron chi connectivity index (χ4n) is 3.95.